The van der Waals surface area contributed by atoms with E-state index in [1.54, 1.807) is 0 Å². The van der Waals surface area contributed by atoms with E-state index in [1.807, 2.05) is 20.0 Å². The highest BCUT2D eigenvalue weighted by Gasteiger charge is 2.15. The summed E-state index contributed by atoms with van der Waals surface area (Å²) in [5.41, 5.74) is 2.14. The van der Waals surface area contributed by atoms with Crippen LogP contribution in [0.15, 0.2) is 29.0 Å². The van der Waals surface area contributed by atoms with Gasteiger partial charge >= 0.3 is 0 Å². The van der Waals surface area contributed by atoms with Gasteiger partial charge in [0.15, 0.2) is 0 Å². The standard InChI is InChI=1S/C10H16N2/c1-7(2)10-6-8(3)11-9(4)12(10)5/h6-7H,3H2,1-2,4-5H3. The molecule has 1 aliphatic heterocycles. The van der Waals surface area contributed by atoms with Crippen molar-refractivity contribution in [2.45, 2.75) is 20.8 Å². The van der Waals surface area contributed by atoms with Crippen LogP contribution < -0.4 is 0 Å². The van der Waals surface area contributed by atoms with Crippen molar-refractivity contribution >= 4 is 5.84 Å². The van der Waals surface area contributed by atoms with Crippen molar-refractivity contribution in [2.24, 2.45) is 10.9 Å². The molecule has 2 heteroatoms. The second-order valence-electron chi connectivity index (χ2n) is 3.43. The summed E-state index contributed by atoms with van der Waals surface area (Å²) in [6.45, 7) is 10.2. The maximum Gasteiger partial charge on any atom is 0.106 e. The third-order valence-electron chi connectivity index (χ3n) is 2.08. The molecule has 1 aliphatic rings. The molecule has 0 fully saturated rings. The van der Waals surface area contributed by atoms with Gasteiger partial charge in [-0.2, -0.15) is 0 Å². The van der Waals surface area contributed by atoms with Gasteiger partial charge < -0.3 is 4.90 Å². The topological polar surface area (TPSA) is 15.6 Å². The molecule has 0 aromatic carbocycles. The van der Waals surface area contributed by atoms with E-state index in [4.69, 9.17) is 0 Å². The van der Waals surface area contributed by atoms with Crippen molar-refractivity contribution in [3.05, 3.63) is 24.0 Å². The second kappa shape index (κ2) is 3.13. The number of nitrogens with zero attached hydrogens (tertiary/aromatic N) is 2. The zero-order valence-corrected chi connectivity index (χ0v) is 8.26. The molecule has 0 atom stereocenters. The Morgan fingerprint density at radius 1 is 1.50 bits per heavy atom. The third kappa shape index (κ3) is 1.58. The summed E-state index contributed by atoms with van der Waals surface area (Å²) in [5, 5.41) is 0. The number of aliphatic imine (C=N–C) groups is 1. The summed E-state index contributed by atoms with van der Waals surface area (Å²) >= 11 is 0. The second-order valence-corrected chi connectivity index (χ2v) is 3.43. The first-order valence-electron chi connectivity index (χ1n) is 4.22. The van der Waals surface area contributed by atoms with E-state index in [0.717, 1.165) is 11.5 Å². The molecule has 0 aromatic heterocycles. The molecule has 0 spiro atoms. The van der Waals surface area contributed by atoms with Gasteiger partial charge in [-0.15, -0.1) is 0 Å². The molecular weight excluding hydrogens is 148 g/mol. The number of amidine groups is 1. The van der Waals surface area contributed by atoms with Gasteiger partial charge in [-0.25, -0.2) is 4.99 Å². The molecule has 12 heavy (non-hydrogen) atoms. The number of allylic oxidation sites excluding steroid dienone is 2. The Kier molecular flexibility index (Phi) is 2.36. The van der Waals surface area contributed by atoms with E-state index < -0.39 is 0 Å². The average Bonchev–Trinajstić information content (AvgIpc) is 1.96. The van der Waals surface area contributed by atoms with Crippen LogP contribution in [0, 0.1) is 5.92 Å². The van der Waals surface area contributed by atoms with Crippen molar-refractivity contribution in [1.29, 1.82) is 0 Å². The molecular formula is C10H16N2. The van der Waals surface area contributed by atoms with Crippen LogP contribution in [0.2, 0.25) is 0 Å². The molecule has 0 saturated carbocycles. The zero-order valence-electron chi connectivity index (χ0n) is 8.26. The molecule has 0 N–H and O–H groups in total. The molecule has 1 heterocycles. The summed E-state index contributed by atoms with van der Waals surface area (Å²) < 4.78 is 0. The van der Waals surface area contributed by atoms with E-state index >= 15 is 0 Å². The lowest BCUT2D eigenvalue weighted by Gasteiger charge is -2.28. The fourth-order valence-electron chi connectivity index (χ4n) is 1.32. The Bertz CT molecular complexity index is 259. The number of hydrogen-bond donors (Lipinski definition) is 0. The fourth-order valence-corrected chi connectivity index (χ4v) is 1.32. The summed E-state index contributed by atoms with van der Waals surface area (Å²) in [7, 11) is 2.04. The van der Waals surface area contributed by atoms with E-state index in [0.29, 0.717) is 5.92 Å². The van der Waals surface area contributed by atoms with Crippen molar-refractivity contribution in [3.63, 3.8) is 0 Å². The highest BCUT2D eigenvalue weighted by Crippen LogP contribution is 2.20. The maximum absolute atomic E-state index is 4.27. The Hall–Kier alpha value is -1.05. The SMILES string of the molecule is C=C1C=C(C(C)C)N(C)C(C)=N1. The van der Waals surface area contributed by atoms with E-state index in [-0.39, 0.29) is 0 Å². The maximum atomic E-state index is 4.27. The first-order valence-corrected chi connectivity index (χ1v) is 4.22. The van der Waals surface area contributed by atoms with Crippen molar-refractivity contribution in [2.75, 3.05) is 7.05 Å². The largest absolute Gasteiger partial charge is 0.337 e. The van der Waals surface area contributed by atoms with Gasteiger partial charge in [0, 0.05) is 12.7 Å². The minimum Gasteiger partial charge on any atom is -0.337 e. The first kappa shape index (κ1) is 9.04. The monoisotopic (exact) mass is 164 g/mol. The van der Waals surface area contributed by atoms with Crippen LogP contribution in [-0.2, 0) is 0 Å². The normalized spacial score (nSPS) is 18.1. The average molecular weight is 164 g/mol. The van der Waals surface area contributed by atoms with Gasteiger partial charge in [-0.1, -0.05) is 20.4 Å². The quantitative estimate of drug-likeness (QED) is 0.581. The van der Waals surface area contributed by atoms with Crippen LogP contribution in [0.1, 0.15) is 20.8 Å². The fraction of sp³-hybridized carbons (Fsp3) is 0.500. The van der Waals surface area contributed by atoms with Gasteiger partial charge in [0.25, 0.3) is 0 Å². The Labute approximate surface area is 74.3 Å². The van der Waals surface area contributed by atoms with Gasteiger partial charge in [-0.05, 0) is 18.9 Å². The molecule has 2 nitrogen and oxygen atoms in total. The molecule has 1 rings (SSSR count). The highest BCUT2D eigenvalue weighted by atomic mass is 15.2. The van der Waals surface area contributed by atoms with Crippen LogP contribution in [-0.4, -0.2) is 17.8 Å². The van der Waals surface area contributed by atoms with E-state index in [2.05, 4.69) is 30.3 Å². The van der Waals surface area contributed by atoms with Crippen molar-refractivity contribution in [1.82, 2.24) is 4.90 Å². The molecule has 0 radical (unpaired) electrons. The van der Waals surface area contributed by atoms with E-state index in [1.165, 1.54) is 5.70 Å². The Morgan fingerprint density at radius 2 is 2.08 bits per heavy atom. The number of rotatable bonds is 1. The first-order chi connectivity index (χ1) is 5.52. The smallest absolute Gasteiger partial charge is 0.106 e. The lowest BCUT2D eigenvalue weighted by atomic mass is 10.1. The summed E-state index contributed by atoms with van der Waals surface area (Å²) in [4.78, 5) is 6.38. The zero-order chi connectivity index (χ0) is 9.30. The Morgan fingerprint density at radius 3 is 2.58 bits per heavy atom. The summed E-state index contributed by atoms with van der Waals surface area (Å²) in [6, 6.07) is 0. The molecule has 0 aromatic rings. The molecule has 0 saturated heterocycles. The Balaban J connectivity index is 2.95. The molecule has 0 amide bonds. The molecule has 0 bridgehead atoms. The van der Waals surface area contributed by atoms with Gasteiger partial charge in [-0.3, -0.25) is 0 Å². The predicted octanol–water partition coefficient (Wildman–Crippen LogP) is 2.40. The third-order valence-corrected chi connectivity index (χ3v) is 2.08. The molecule has 0 unspecified atom stereocenters. The lowest BCUT2D eigenvalue weighted by molar-refractivity contribution is 0.517. The minimum absolute atomic E-state index is 0.525. The van der Waals surface area contributed by atoms with Gasteiger partial charge in [0.2, 0.25) is 0 Å². The van der Waals surface area contributed by atoms with Crippen LogP contribution >= 0.6 is 0 Å². The van der Waals surface area contributed by atoms with Gasteiger partial charge in [0.05, 0.1) is 5.70 Å². The minimum atomic E-state index is 0.525. The summed E-state index contributed by atoms with van der Waals surface area (Å²) in [5.74, 6) is 1.54. The number of hydrogen-bond acceptors (Lipinski definition) is 2. The van der Waals surface area contributed by atoms with Gasteiger partial charge in [0.1, 0.15) is 5.84 Å². The van der Waals surface area contributed by atoms with Crippen molar-refractivity contribution < 1.29 is 0 Å². The molecule has 66 valence electrons. The van der Waals surface area contributed by atoms with Crippen LogP contribution in [0.3, 0.4) is 0 Å². The predicted molar refractivity (Wildman–Crippen MR) is 52.9 cm³/mol. The van der Waals surface area contributed by atoms with Crippen LogP contribution in [0.25, 0.3) is 0 Å². The van der Waals surface area contributed by atoms with Crippen LogP contribution in [0.5, 0.6) is 0 Å². The van der Waals surface area contributed by atoms with Crippen LogP contribution in [0.4, 0.5) is 0 Å². The lowest BCUT2D eigenvalue weighted by Crippen LogP contribution is -2.28. The van der Waals surface area contributed by atoms with Crippen molar-refractivity contribution in [3.8, 4) is 0 Å². The van der Waals surface area contributed by atoms with E-state index in [9.17, 15) is 0 Å². The molecule has 0 aliphatic carbocycles. The highest BCUT2D eigenvalue weighted by molar-refractivity contribution is 5.83. The summed E-state index contributed by atoms with van der Waals surface area (Å²) in [6.07, 6.45) is 2.04.